The van der Waals surface area contributed by atoms with Crippen molar-refractivity contribution in [3.05, 3.63) is 0 Å². The van der Waals surface area contributed by atoms with E-state index in [1.165, 1.54) is 0 Å². The first kappa shape index (κ1) is 11.4. The van der Waals surface area contributed by atoms with Gasteiger partial charge in [-0.05, 0) is 6.92 Å². The van der Waals surface area contributed by atoms with Crippen LogP contribution in [0.3, 0.4) is 0 Å². The number of aliphatic hydroxyl groups is 1. The molecule has 39 valence electrons. The molecule has 0 saturated carbocycles. The molecule has 0 aromatic heterocycles. The molecule has 0 fully saturated rings. The first-order valence-electron chi connectivity index (χ1n) is 1.94. The molecule has 0 saturated heterocycles. The smallest absolute Gasteiger partial charge is 0.0745 e. The maximum atomic E-state index is 8.43. The standard InChI is InChI=1S/C4H10O2.K/c1-4(5)3-6-2;/h4-5H,3H2,1-2H3;. The van der Waals surface area contributed by atoms with Crippen molar-refractivity contribution >= 4 is 51.4 Å². The molecule has 0 rings (SSSR count). The molecule has 0 heterocycles. The number of aliphatic hydroxyl groups excluding tert-OH is 1. The maximum absolute atomic E-state index is 8.43. The van der Waals surface area contributed by atoms with Gasteiger partial charge < -0.3 is 9.84 Å². The molecule has 3 heteroatoms. The number of hydrogen-bond donors (Lipinski definition) is 1. The molecule has 0 aliphatic carbocycles. The number of methoxy groups -OCH3 is 1. The van der Waals surface area contributed by atoms with E-state index in [4.69, 9.17) is 5.11 Å². The Labute approximate surface area is 86.7 Å². The van der Waals surface area contributed by atoms with E-state index >= 15 is 0 Å². The SMILES string of the molecule is COCC(C)O.[K]. The average molecular weight is 129 g/mol. The molecule has 1 atom stereocenters. The van der Waals surface area contributed by atoms with Gasteiger partial charge in [0.2, 0.25) is 0 Å². The van der Waals surface area contributed by atoms with E-state index in [0.717, 1.165) is 0 Å². The first-order chi connectivity index (χ1) is 2.77. The molecule has 2 nitrogen and oxygen atoms in total. The zero-order valence-electron chi connectivity index (χ0n) is 5.14. The van der Waals surface area contributed by atoms with Crippen LogP contribution in [0.5, 0.6) is 0 Å². The molecule has 0 aliphatic rings. The summed E-state index contributed by atoms with van der Waals surface area (Å²) in [6.07, 6.45) is -0.324. The van der Waals surface area contributed by atoms with Crippen LogP contribution in [0.25, 0.3) is 0 Å². The molecule has 1 N–H and O–H groups in total. The summed E-state index contributed by atoms with van der Waals surface area (Å²) >= 11 is 0. The molecule has 7 heavy (non-hydrogen) atoms. The van der Waals surface area contributed by atoms with Crippen LogP contribution in [0.15, 0.2) is 0 Å². The van der Waals surface area contributed by atoms with E-state index in [9.17, 15) is 0 Å². The van der Waals surface area contributed by atoms with Crippen LogP contribution in [-0.4, -0.2) is 76.3 Å². The summed E-state index contributed by atoms with van der Waals surface area (Å²) in [5, 5.41) is 8.43. The molecular formula is C4H10KO2. The van der Waals surface area contributed by atoms with Gasteiger partial charge in [0.15, 0.2) is 0 Å². The minimum atomic E-state index is -0.324. The van der Waals surface area contributed by atoms with Gasteiger partial charge in [-0.1, -0.05) is 0 Å². The second kappa shape index (κ2) is 7.56. The Morgan fingerprint density at radius 1 is 1.71 bits per heavy atom. The summed E-state index contributed by atoms with van der Waals surface area (Å²) in [6.45, 7) is 2.11. The average Bonchev–Trinajstić information content (AvgIpc) is 1.35. The summed E-state index contributed by atoms with van der Waals surface area (Å²) in [5.41, 5.74) is 0. The van der Waals surface area contributed by atoms with E-state index < -0.39 is 0 Å². The summed E-state index contributed by atoms with van der Waals surface area (Å²) in [4.78, 5) is 0. The van der Waals surface area contributed by atoms with Crippen molar-refractivity contribution in [2.24, 2.45) is 0 Å². The fourth-order valence-electron chi connectivity index (χ4n) is 0.241. The van der Waals surface area contributed by atoms with E-state index in [0.29, 0.717) is 6.61 Å². The van der Waals surface area contributed by atoms with Gasteiger partial charge in [-0.15, -0.1) is 0 Å². The molecule has 0 aromatic rings. The van der Waals surface area contributed by atoms with Crippen LogP contribution in [0.2, 0.25) is 0 Å². The predicted octanol–water partition coefficient (Wildman–Crippen LogP) is -0.367. The van der Waals surface area contributed by atoms with Crippen LogP contribution in [0.4, 0.5) is 0 Å². The molecule has 1 radical (unpaired) electrons. The summed E-state index contributed by atoms with van der Waals surface area (Å²) in [5.74, 6) is 0. The van der Waals surface area contributed by atoms with Gasteiger partial charge in [-0.3, -0.25) is 0 Å². The van der Waals surface area contributed by atoms with Crippen molar-refractivity contribution < 1.29 is 9.84 Å². The van der Waals surface area contributed by atoms with Gasteiger partial charge in [0, 0.05) is 58.5 Å². The Bertz CT molecular complexity index is 30.9. The minimum absolute atomic E-state index is 0. The van der Waals surface area contributed by atoms with E-state index in [2.05, 4.69) is 4.74 Å². The van der Waals surface area contributed by atoms with Gasteiger partial charge in [0.05, 0.1) is 12.7 Å². The largest absolute Gasteiger partial charge is 0.391 e. The Kier molecular flexibility index (Phi) is 12.3. The van der Waals surface area contributed by atoms with Crippen LogP contribution in [0, 0.1) is 0 Å². The normalized spacial score (nSPS) is 12.4. The zero-order valence-corrected chi connectivity index (χ0v) is 8.26. The molecule has 0 spiro atoms. The second-order valence-corrected chi connectivity index (χ2v) is 1.30. The number of hydrogen-bond acceptors (Lipinski definition) is 2. The summed E-state index contributed by atoms with van der Waals surface area (Å²) < 4.78 is 4.55. The van der Waals surface area contributed by atoms with Crippen molar-refractivity contribution in [1.29, 1.82) is 0 Å². The maximum Gasteiger partial charge on any atom is 0.0745 e. The topological polar surface area (TPSA) is 29.5 Å². The molecule has 0 aromatic carbocycles. The first-order valence-corrected chi connectivity index (χ1v) is 1.94. The van der Waals surface area contributed by atoms with E-state index in [1.54, 1.807) is 14.0 Å². The van der Waals surface area contributed by atoms with Crippen LogP contribution in [0.1, 0.15) is 6.92 Å². The number of rotatable bonds is 2. The predicted molar refractivity (Wildman–Crippen MR) is 29.3 cm³/mol. The molecule has 0 aliphatic heterocycles. The Morgan fingerprint density at radius 3 is 2.14 bits per heavy atom. The fourth-order valence-corrected chi connectivity index (χ4v) is 0.241. The van der Waals surface area contributed by atoms with Crippen molar-refractivity contribution in [2.75, 3.05) is 13.7 Å². The third kappa shape index (κ3) is 11.2. The molecule has 0 bridgehead atoms. The second-order valence-electron chi connectivity index (χ2n) is 1.30. The van der Waals surface area contributed by atoms with Gasteiger partial charge in [0.1, 0.15) is 0 Å². The third-order valence-electron chi connectivity index (χ3n) is 0.408. The van der Waals surface area contributed by atoms with Gasteiger partial charge in [-0.2, -0.15) is 0 Å². The fraction of sp³-hybridized carbons (Fsp3) is 1.00. The quantitative estimate of drug-likeness (QED) is 0.516. The van der Waals surface area contributed by atoms with Crippen molar-refractivity contribution in [3.8, 4) is 0 Å². The van der Waals surface area contributed by atoms with Crippen LogP contribution in [-0.2, 0) is 4.74 Å². The molecule has 0 amide bonds. The summed E-state index contributed by atoms with van der Waals surface area (Å²) in [7, 11) is 1.56. The van der Waals surface area contributed by atoms with Gasteiger partial charge in [0.25, 0.3) is 0 Å². The number of ether oxygens (including phenoxy) is 1. The van der Waals surface area contributed by atoms with Crippen molar-refractivity contribution in [1.82, 2.24) is 0 Å². The van der Waals surface area contributed by atoms with Crippen molar-refractivity contribution in [2.45, 2.75) is 13.0 Å². The Morgan fingerprint density at radius 2 is 2.14 bits per heavy atom. The monoisotopic (exact) mass is 129 g/mol. The van der Waals surface area contributed by atoms with E-state index in [-0.39, 0.29) is 57.5 Å². The van der Waals surface area contributed by atoms with Crippen LogP contribution < -0.4 is 0 Å². The third-order valence-corrected chi connectivity index (χ3v) is 0.408. The Hall–Kier alpha value is 1.56. The minimum Gasteiger partial charge on any atom is -0.391 e. The Balaban J connectivity index is 0. The van der Waals surface area contributed by atoms with Gasteiger partial charge >= 0.3 is 0 Å². The molecular weight excluding hydrogens is 119 g/mol. The molecule has 1 unspecified atom stereocenters. The van der Waals surface area contributed by atoms with Crippen LogP contribution >= 0.6 is 0 Å². The zero-order chi connectivity index (χ0) is 4.99. The van der Waals surface area contributed by atoms with Gasteiger partial charge in [-0.25, -0.2) is 0 Å². The summed E-state index contributed by atoms with van der Waals surface area (Å²) in [6, 6.07) is 0. The van der Waals surface area contributed by atoms with Crippen molar-refractivity contribution in [3.63, 3.8) is 0 Å². The van der Waals surface area contributed by atoms with E-state index in [1.807, 2.05) is 0 Å².